The number of hydrogen-bond donors (Lipinski definition) is 2. The summed E-state index contributed by atoms with van der Waals surface area (Å²) in [5.41, 5.74) is 2.18. The number of hydrogen-bond acceptors (Lipinski definition) is 5. The summed E-state index contributed by atoms with van der Waals surface area (Å²) >= 11 is 0. The van der Waals surface area contributed by atoms with Crippen molar-refractivity contribution >= 4 is 27.0 Å². The van der Waals surface area contributed by atoms with Crippen molar-refractivity contribution in [1.82, 2.24) is 19.6 Å². The van der Waals surface area contributed by atoms with Gasteiger partial charge in [0.25, 0.3) is 5.91 Å². The third-order valence-electron chi connectivity index (χ3n) is 5.08. The van der Waals surface area contributed by atoms with Gasteiger partial charge < -0.3 is 14.6 Å². The van der Waals surface area contributed by atoms with Crippen LogP contribution in [-0.4, -0.2) is 43.6 Å². The number of amides is 1. The van der Waals surface area contributed by atoms with Gasteiger partial charge in [-0.25, -0.2) is 18.1 Å². The smallest absolute Gasteiger partial charge is 0.251 e. The Bertz CT molecular complexity index is 1200. The second-order valence-corrected chi connectivity index (χ2v) is 9.00. The minimum atomic E-state index is -3.75. The van der Waals surface area contributed by atoms with Crippen LogP contribution in [0.1, 0.15) is 29.0 Å². The maximum absolute atomic E-state index is 12.6. The number of nitrogens with one attached hydrogen (secondary N) is 2. The van der Waals surface area contributed by atoms with Crippen LogP contribution in [0, 0.1) is 6.92 Å². The van der Waals surface area contributed by atoms with Crippen LogP contribution in [0.15, 0.2) is 47.4 Å². The van der Waals surface area contributed by atoms with Gasteiger partial charge in [0, 0.05) is 24.7 Å². The Hall–Kier alpha value is -2.91. The van der Waals surface area contributed by atoms with Crippen molar-refractivity contribution < 1.29 is 17.9 Å². The minimum absolute atomic E-state index is 0.0269. The van der Waals surface area contributed by atoms with Crippen LogP contribution < -0.4 is 14.8 Å². The van der Waals surface area contributed by atoms with Gasteiger partial charge in [-0.1, -0.05) is 12.1 Å². The van der Waals surface area contributed by atoms with Gasteiger partial charge in [-0.05, 0) is 50.1 Å². The number of carbonyl (C=O) groups excluding carboxylic acids is 1. The van der Waals surface area contributed by atoms with Crippen LogP contribution in [0.25, 0.3) is 11.0 Å². The molecule has 8 nitrogen and oxygen atoms in total. The average molecular weight is 429 g/mol. The van der Waals surface area contributed by atoms with Crippen LogP contribution in [-0.2, 0) is 16.6 Å². The van der Waals surface area contributed by atoms with Crippen molar-refractivity contribution in [1.29, 1.82) is 0 Å². The molecule has 158 valence electrons. The monoisotopic (exact) mass is 428 g/mol. The predicted octanol–water partition coefficient (Wildman–Crippen LogP) is 2.22. The van der Waals surface area contributed by atoms with Gasteiger partial charge in [-0.15, -0.1) is 0 Å². The molecule has 4 rings (SSSR count). The highest BCUT2D eigenvalue weighted by Crippen LogP contribution is 2.28. The maximum atomic E-state index is 12.6. The SMILES string of the molecule is COc1ccc(C(=O)NCCn2c(C)nc3ccccc32)cc1S(=O)(=O)NC1CC1. The number of imidazole rings is 1. The summed E-state index contributed by atoms with van der Waals surface area (Å²) in [5, 5.41) is 2.85. The lowest BCUT2D eigenvalue weighted by molar-refractivity contribution is 0.0952. The molecule has 0 saturated heterocycles. The van der Waals surface area contributed by atoms with Gasteiger partial charge in [0.05, 0.1) is 18.1 Å². The van der Waals surface area contributed by atoms with Crippen LogP contribution in [0.3, 0.4) is 0 Å². The molecule has 2 aromatic carbocycles. The quantitative estimate of drug-likeness (QED) is 0.573. The summed E-state index contributed by atoms with van der Waals surface area (Å²) in [6.45, 7) is 2.87. The van der Waals surface area contributed by atoms with Crippen LogP contribution >= 0.6 is 0 Å². The zero-order chi connectivity index (χ0) is 21.3. The molecule has 9 heteroatoms. The summed E-state index contributed by atoms with van der Waals surface area (Å²) in [6, 6.07) is 12.2. The third kappa shape index (κ3) is 4.17. The molecule has 0 radical (unpaired) electrons. The van der Waals surface area contributed by atoms with Crippen LogP contribution in [0.5, 0.6) is 5.75 Å². The Balaban J connectivity index is 1.48. The number of sulfonamides is 1. The second-order valence-electron chi connectivity index (χ2n) is 7.32. The average Bonchev–Trinajstić information content (AvgIpc) is 3.48. The fraction of sp³-hybridized carbons (Fsp3) is 0.333. The molecule has 1 fully saturated rings. The summed E-state index contributed by atoms with van der Waals surface area (Å²) in [6.07, 6.45) is 1.65. The maximum Gasteiger partial charge on any atom is 0.251 e. The summed E-state index contributed by atoms with van der Waals surface area (Å²) in [7, 11) is -2.34. The molecular formula is C21H24N4O4S. The number of carbonyl (C=O) groups is 1. The van der Waals surface area contributed by atoms with Gasteiger partial charge in [0.15, 0.2) is 0 Å². The zero-order valence-corrected chi connectivity index (χ0v) is 17.7. The van der Waals surface area contributed by atoms with Crippen molar-refractivity contribution in [3.63, 3.8) is 0 Å². The zero-order valence-electron chi connectivity index (χ0n) is 16.9. The summed E-state index contributed by atoms with van der Waals surface area (Å²) in [4.78, 5) is 17.1. The molecule has 1 heterocycles. The molecule has 30 heavy (non-hydrogen) atoms. The molecule has 3 aromatic rings. The molecule has 0 atom stereocenters. The number of para-hydroxylation sites is 2. The van der Waals surface area contributed by atoms with E-state index in [1.54, 1.807) is 6.07 Å². The molecule has 0 aliphatic heterocycles. The van der Waals surface area contributed by atoms with E-state index in [2.05, 4.69) is 15.0 Å². The number of benzene rings is 2. The van der Waals surface area contributed by atoms with Gasteiger partial charge in [-0.3, -0.25) is 4.79 Å². The molecule has 0 unspecified atom stereocenters. The Morgan fingerprint density at radius 3 is 2.73 bits per heavy atom. The van der Waals surface area contributed by atoms with E-state index in [1.165, 1.54) is 19.2 Å². The van der Waals surface area contributed by atoms with E-state index in [1.807, 2.05) is 35.8 Å². The van der Waals surface area contributed by atoms with Crippen LogP contribution in [0.4, 0.5) is 0 Å². The van der Waals surface area contributed by atoms with E-state index in [0.717, 1.165) is 29.7 Å². The first-order chi connectivity index (χ1) is 14.4. The molecule has 1 saturated carbocycles. The molecule has 1 aliphatic rings. The Morgan fingerprint density at radius 2 is 2.00 bits per heavy atom. The summed E-state index contributed by atoms with van der Waals surface area (Å²) < 4.78 is 35.1. The standard InChI is InChI=1S/C21H24N4O4S/c1-14-23-17-5-3-4-6-18(17)25(14)12-11-22-21(26)15-7-10-19(29-2)20(13-15)30(27,28)24-16-8-9-16/h3-7,10,13,16,24H,8-9,11-12H2,1-2H3,(H,22,26). The lowest BCUT2D eigenvalue weighted by Crippen LogP contribution is -2.29. The molecule has 2 N–H and O–H groups in total. The fourth-order valence-electron chi connectivity index (χ4n) is 3.37. The number of aryl methyl sites for hydroxylation is 1. The molecule has 1 aliphatic carbocycles. The highest BCUT2D eigenvalue weighted by molar-refractivity contribution is 7.89. The first kappa shape index (κ1) is 20.4. The van der Waals surface area contributed by atoms with Crippen LogP contribution in [0.2, 0.25) is 0 Å². The number of aromatic nitrogens is 2. The van der Waals surface area contributed by atoms with E-state index in [4.69, 9.17) is 4.74 Å². The van der Waals surface area contributed by atoms with Gasteiger partial charge >= 0.3 is 0 Å². The van der Waals surface area contributed by atoms with E-state index < -0.39 is 10.0 Å². The Kier molecular flexibility index (Phi) is 5.48. The third-order valence-corrected chi connectivity index (χ3v) is 6.62. The van der Waals surface area contributed by atoms with Crippen molar-refractivity contribution in [2.24, 2.45) is 0 Å². The first-order valence-electron chi connectivity index (χ1n) is 9.79. The first-order valence-corrected chi connectivity index (χ1v) is 11.3. The van der Waals surface area contributed by atoms with E-state index in [9.17, 15) is 13.2 Å². The predicted molar refractivity (Wildman–Crippen MR) is 113 cm³/mol. The number of ether oxygens (including phenoxy) is 1. The largest absolute Gasteiger partial charge is 0.495 e. The summed E-state index contributed by atoms with van der Waals surface area (Å²) in [5.74, 6) is 0.734. The molecular weight excluding hydrogens is 404 g/mol. The van der Waals surface area contributed by atoms with E-state index in [0.29, 0.717) is 13.1 Å². The number of methoxy groups -OCH3 is 1. The number of fused-ring (bicyclic) bond motifs is 1. The molecule has 1 amide bonds. The Morgan fingerprint density at radius 1 is 1.23 bits per heavy atom. The number of rotatable bonds is 8. The lowest BCUT2D eigenvalue weighted by Gasteiger charge is -2.13. The van der Waals surface area contributed by atoms with Crippen molar-refractivity contribution in [2.45, 2.75) is 37.2 Å². The second kappa shape index (κ2) is 8.08. The van der Waals surface area contributed by atoms with Gasteiger partial charge in [-0.2, -0.15) is 0 Å². The molecule has 0 bridgehead atoms. The van der Waals surface area contributed by atoms with E-state index >= 15 is 0 Å². The van der Waals surface area contributed by atoms with Crippen molar-refractivity contribution in [2.75, 3.05) is 13.7 Å². The fourth-order valence-corrected chi connectivity index (χ4v) is 4.87. The molecule has 0 spiro atoms. The number of nitrogens with zero attached hydrogens (tertiary/aromatic N) is 2. The molecule has 1 aromatic heterocycles. The van der Waals surface area contributed by atoms with Gasteiger partial charge in [0.1, 0.15) is 16.5 Å². The highest BCUT2D eigenvalue weighted by Gasteiger charge is 2.30. The normalized spacial score (nSPS) is 14.1. The highest BCUT2D eigenvalue weighted by atomic mass is 32.2. The van der Waals surface area contributed by atoms with Crippen molar-refractivity contribution in [3.8, 4) is 5.75 Å². The lowest BCUT2D eigenvalue weighted by atomic mass is 10.2. The van der Waals surface area contributed by atoms with E-state index in [-0.39, 0.29) is 28.2 Å². The Labute approximate surface area is 175 Å². The van der Waals surface area contributed by atoms with Gasteiger partial charge in [0.2, 0.25) is 10.0 Å². The minimum Gasteiger partial charge on any atom is -0.495 e. The van der Waals surface area contributed by atoms with Crippen molar-refractivity contribution in [3.05, 3.63) is 53.9 Å². The topological polar surface area (TPSA) is 102 Å².